The van der Waals surface area contributed by atoms with Crippen molar-refractivity contribution in [3.63, 3.8) is 0 Å². The van der Waals surface area contributed by atoms with E-state index in [1.165, 1.54) is 0 Å². The lowest BCUT2D eigenvalue weighted by atomic mass is 10.1. The second-order valence-corrected chi connectivity index (χ2v) is 5.07. The van der Waals surface area contributed by atoms with Gasteiger partial charge in [-0.1, -0.05) is 13.8 Å². The van der Waals surface area contributed by atoms with Crippen LogP contribution in [0.4, 0.5) is 0 Å². The summed E-state index contributed by atoms with van der Waals surface area (Å²) in [6.45, 7) is 4.37. The van der Waals surface area contributed by atoms with Gasteiger partial charge in [0.1, 0.15) is 0 Å². The lowest BCUT2D eigenvalue weighted by Crippen LogP contribution is -2.35. The lowest BCUT2D eigenvalue weighted by Gasteiger charge is -2.09. The van der Waals surface area contributed by atoms with E-state index in [9.17, 15) is 24.9 Å². The van der Waals surface area contributed by atoms with E-state index in [1.54, 1.807) is 0 Å². The van der Waals surface area contributed by atoms with Crippen molar-refractivity contribution < 1.29 is 24.9 Å². The summed E-state index contributed by atoms with van der Waals surface area (Å²) in [7, 11) is 0. The second kappa shape index (κ2) is 7.37. The highest BCUT2D eigenvalue weighted by molar-refractivity contribution is 5.95. The molecule has 0 bridgehead atoms. The van der Waals surface area contributed by atoms with Gasteiger partial charge in [0.05, 0.1) is 0 Å². The number of phenolic OH excluding ortho intramolecular Hbond substituents is 3. The molecule has 0 aromatic heterocycles. The number of nitrogens with one attached hydrogen (secondary N) is 2. The van der Waals surface area contributed by atoms with Crippen LogP contribution in [0.25, 0.3) is 0 Å². The van der Waals surface area contributed by atoms with Gasteiger partial charge in [0.25, 0.3) is 5.91 Å². The molecule has 0 aliphatic rings. The fourth-order valence-electron chi connectivity index (χ4n) is 1.66. The molecule has 0 heterocycles. The Labute approximate surface area is 122 Å². The van der Waals surface area contributed by atoms with E-state index in [2.05, 4.69) is 10.6 Å². The molecule has 1 aromatic carbocycles. The van der Waals surface area contributed by atoms with Gasteiger partial charge in [0, 0.05) is 25.1 Å². The van der Waals surface area contributed by atoms with Gasteiger partial charge < -0.3 is 26.0 Å². The largest absolute Gasteiger partial charge is 0.504 e. The van der Waals surface area contributed by atoms with Crippen LogP contribution in [0.1, 0.15) is 30.6 Å². The van der Waals surface area contributed by atoms with Crippen molar-refractivity contribution in [2.24, 2.45) is 5.92 Å². The van der Waals surface area contributed by atoms with E-state index in [4.69, 9.17) is 0 Å². The number of hydrogen-bond donors (Lipinski definition) is 5. The van der Waals surface area contributed by atoms with E-state index in [1.807, 2.05) is 13.8 Å². The van der Waals surface area contributed by atoms with E-state index >= 15 is 0 Å². The Balaban J connectivity index is 2.43. The summed E-state index contributed by atoms with van der Waals surface area (Å²) in [6.07, 6.45) is 0.424. The van der Waals surface area contributed by atoms with Gasteiger partial charge in [-0.3, -0.25) is 9.59 Å². The van der Waals surface area contributed by atoms with Crippen LogP contribution >= 0.6 is 0 Å². The SMILES string of the molecule is CC(C)CC(=O)NCCNC(=O)c1cc(O)c(O)c(O)c1. The molecule has 0 atom stereocenters. The third-order valence-corrected chi connectivity index (χ3v) is 2.66. The second-order valence-electron chi connectivity index (χ2n) is 5.07. The minimum Gasteiger partial charge on any atom is -0.504 e. The molecule has 0 saturated carbocycles. The summed E-state index contributed by atoms with van der Waals surface area (Å²) in [6, 6.07) is 2.09. The number of hydrogen-bond acceptors (Lipinski definition) is 5. The molecule has 21 heavy (non-hydrogen) atoms. The third-order valence-electron chi connectivity index (χ3n) is 2.66. The third kappa shape index (κ3) is 5.21. The van der Waals surface area contributed by atoms with Crippen LogP contribution in [0.5, 0.6) is 17.2 Å². The van der Waals surface area contributed by atoms with Crippen molar-refractivity contribution in [1.29, 1.82) is 0 Å². The van der Waals surface area contributed by atoms with Crippen molar-refractivity contribution in [3.8, 4) is 17.2 Å². The van der Waals surface area contributed by atoms with Crippen LogP contribution in [0.3, 0.4) is 0 Å². The quantitative estimate of drug-likeness (QED) is 0.391. The summed E-state index contributed by atoms with van der Waals surface area (Å²) < 4.78 is 0. The summed E-state index contributed by atoms with van der Waals surface area (Å²) in [5.41, 5.74) is 0.0105. The number of rotatable bonds is 6. The Morgan fingerprint density at radius 2 is 1.57 bits per heavy atom. The van der Waals surface area contributed by atoms with Gasteiger partial charge in [-0.05, 0) is 18.1 Å². The molecular formula is C14H20N2O5. The monoisotopic (exact) mass is 296 g/mol. The van der Waals surface area contributed by atoms with Gasteiger partial charge in [0.2, 0.25) is 5.91 Å². The summed E-state index contributed by atoms with van der Waals surface area (Å²) in [4.78, 5) is 23.1. The van der Waals surface area contributed by atoms with Gasteiger partial charge in [-0.2, -0.15) is 0 Å². The Kier molecular flexibility index (Phi) is 5.83. The Morgan fingerprint density at radius 1 is 1.05 bits per heavy atom. The lowest BCUT2D eigenvalue weighted by molar-refractivity contribution is -0.121. The van der Waals surface area contributed by atoms with E-state index < -0.39 is 23.2 Å². The summed E-state index contributed by atoms with van der Waals surface area (Å²) in [5, 5.41) is 33.0. The highest BCUT2D eigenvalue weighted by atomic mass is 16.3. The first kappa shape index (κ1) is 16.6. The molecular weight excluding hydrogens is 276 g/mol. The van der Waals surface area contributed by atoms with Crippen molar-refractivity contribution in [3.05, 3.63) is 17.7 Å². The molecule has 0 spiro atoms. The molecule has 2 amide bonds. The van der Waals surface area contributed by atoms with Gasteiger partial charge in [-0.25, -0.2) is 0 Å². The number of carbonyl (C=O) groups excluding carboxylic acids is 2. The Morgan fingerprint density at radius 3 is 2.10 bits per heavy atom. The average Bonchev–Trinajstić information content (AvgIpc) is 2.39. The zero-order valence-corrected chi connectivity index (χ0v) is 12.0. The molecule has 0 saturated heterocycles. The molecule has 0 unspecified atom stereocenters. The normalized spacial score (nSPS) is 10.4. The number of amides is 2. The minimum absolute atomic E-state index is 0.0105. The van der Waals surface area contributed by atoms with E-state index in [0.29, 0.717) is 6.42 Å². The van der Waals surface area contributed by atoms with Crippen molar-refractivity contribution in [1.82, 2.24) is 10.6 Å². The maximum Gasteiger partial charge on any atom is 0.251 e. The first-order valence-electron chi connectivity index (χ1n) is 6.61. The molecule has 0 fully saturated rings. The molecule has 0 radical (unpaired) electrons. The molecule has 0 aliphatic heterocycles. The molecule has 1 rings (SSSR count). The molecule has 1 aromatic rings. The first-order valence-corrected chi connectivity index (χ1v) is 6.61. The fourth-order valence-corrected chi connectivity index (χ4v) is 1.66. The van der Waals surface area contributed by atoms with Crippen LogP contribution in [0, 0.1) is 5.92 Å². The van der Waals surface area contributed by atoms with Crippen LogP contribution in [0.15, 0.2) is 12.1 Å². The van der Waals surface area contributed by atoms with Gasteiger partial charge >= 0.3 is 0 Å². The van der Waals surface area contributed by atoms with Gasteiger partial charge in [-0.15, -0.1) is 0 Å². The van der Waals surface area contributed by atoms with Crippen molar-refractivity contribution in [2.75, 3.05) is 13.1 Å². The number of benzene rings is 1. The predicted octanol–water partition coefficient (Wildman–Crippen LogP) is 0.695. The van der Waals surface area contributed by atoms with Crippen molar-refractivity contribution in [2.45, 2.75) is 20.3 Å². The number of carbonyl (C=O) groups is 2. The maximum atomic E-state index is 11.8. The average molecular weight is 296 g/mol. The first-order chi connectivity index (χ1) is 9.81. The zero-order chi connectivity index (χ0) is 16.0. The molecule has 7 heteroatoms. The molecule has 5 N–H and O–H groups in total. The van der Waals surface area contributed by atoms with E-state index in [-0.39, 0.29) is 30.5 Å². The highest BCUT2D eigenvalue weighted by Crippen LogP contribution is 2.35. The topological polar surface area (TPSA) is 119 Å². The summed E-state index contributed by atoms with van der Waals surface area (Å²) >= 11 is 0. The Hall–Kier alpha value is -2.44. The fraction of sp³-hybridized carbons (Fsp3) is 0.429. The molecule has 116 valence electrons. The zero-order valence-electron chi connectivity index (χ0n) is 12.0. The molecule has 0 aliphatic carbocycles. The number of aromatic hydroxyl groups is 3. The van der Waals surface area contributed by atoms with E-state index in [0.717, 1.165) is 12.1 Å². The highest BCUT2D eigenvalue weighted by Gasteiger charge is 2.13. The minimum atomic E-state index is -0.674. The van der Waals surface area contributed by atoms with Crippen LogP contribution < -0.4 is 10.6 Å². The van der Waals surface area contributed by atoms with Crippen molar-refractivity contribution >= 4 is 11.8 Å². The number of phenols is 3. The van der Waals surface area contributed by atoms with Gasteiger partial charge in [0.15, 0.2) is 17.2 Å². The Bertz CT molecular complexity index is 505. The maximum absolute atomic E-state index is 11.8. The van der Waals surface area contributed by atoms with Crippen LogP contribution in [-0.4, -0.2) is 40.2 Å². The molecule has 7 nitrogen and oxygen atoms in total. The van der Waals surface area contributed by atoms with Crippen LogP contribution in [0.2, 0.25) is 0 Å². The van der Waals surface area contributed by atoms with Crippen LogP contribution in [-0.2, 0) is 4.79 Å². The smallest absolute Gasteiger partial charge is 0.251 e. The standard InChI is InChI=1S/C14H20N2O5/c1-8(2)5-12(19)15-3-4-16-14(21)9-6-10(17)13(20)11(18)7-9/h6-8,17-18,20H,3-5H2,1-2H3,(H,15,19)(H,16,21). The predicted molar refractivity (Wildman–Crippen MR) is 76.2 cm³/mol. The summed E-state index contributed by atoms with van der Waals surface area (Å²) in [5.74, 6) is -2.18.